The zero-order valence-corrected chi connectivity index (χ0v) is 15.7. The Hall–Kier alpha value is -2.75. The van der Waals surface area contributed by atoms with Crippen molar-refractivity contribution in [3.8, 4) is 0 Å². The highest BCUT2D eigenvalue weighted by Gasteiger charge is 2.36. The number of hydrogen-bond acceptors (Lipinski definition) is 5. The summed E-state index contributed by atoms with van der Waals surface area (Å²) in [6, 6.07) is 0.943. The van der Waals surface area contributed by atoms with Gasteiger partial charge in [0.1, 0.15) is 24.2 Å². The number of amides is 3. The third kappa shape index (κ3) is 5.38. The highest BCUT2D eigenvalue weighted by Crippen LogP contribution is 2.20. The van der Waals surface area contributed by atoms with Crippen LogP contribution in [0.15, 0.2) is 23.3 Å². The molecular formula is C18H25FN4O5. The first kappa shape index (κ1) is 21.5. The summed E-state index contributed by atoms with van der Waals surface area (Å²) in [4.78, 5) is 42.8. The quantitative estimate of drug-likeness (QED) is 0.516. The van der Waals surface area contributed by atoms with Gasteiger partial charge in [0.15, 0.2) is 5.49 Å². The molecule has 3 amide bonds. The van der Waals surface area contributed by atoms with Crippen LogP contribution in [0.1, 0.15) is 32.6 Å². The molecule has 1 aliphatic heterocycles. The van der Waals surface area contributed by atoms with Gasteiger partial charge < -0.3 is 24.9 Å². The van der Waals surface area contributed by atoms with Crippen LogP contribution in [0.2, 0.25) is 0 Å². The van der Waals surface area contributed by atoms with Gasteiger partial charge in [0.2, 0.25) is 0 Å². The number of carbonyl (C=O) groups excluding carboxylic acids is 3. The molecule has 1 aromatic heterocycles. The molecule has 1 unspecified atom stereocenters. The predicted molar refractivity (Wildman–Crippen MR) is 95.8 cm³/mol. The van der Waals surface area contributed by atoms with Gasteiger partial charge in [0.05, 0.1) is 12.7 Å². The highest BCUT2D eigenvalue weighted by molar-refractivity contribution is 5.88. The molecule has 2 atom stereocenters. The van der Waals surface area contributed by atoms with Gasteiger partial charge in [-0.3, -0.25) is 4.79 Å². The van der Waals surface area contributed by atoms with E-state index in [1.165, 1.54) is 9.80 Å². The SMILES string of the molecule is CCCCN(CC(O)C=O)C(=O)N1CCC[C@H]1C(=O)N=c1ccc(F)cn1O. The number of carbonyl (C=O) groups is 3. The molecule has 2 N–H and O–H groups in total. The van der Waals surface area contributed by atoms with E-state index in [1.807, 2.05) is 6.92 Å². The molecule has 1 fully saturated rings. The summed E-state index contributed by atoms with van der Waals surface area (Å²) in [5, 5.41) is 19.3. The molecule has 1 aliphatic rings. The molecule has 1 aromatic rings. The Morgan fingerprint density at radius 2 is 2.21 bits per heavy atom. The molecule has 0 saturated carbocycles. The summed E-state index contributed by atoms with van der Waals surface area (Å²) >= 11 is 0. The number of likely N-dealkylation sites (tertiary alicyclic amines) is 1. The fourth-order valence-electron chi connectivity index (χ4n) is 3.05. The van der Waals surface area contributed by atoms with Crippen LogP contribution in [0.5, 0.6) is 0 Å². The molecule has 28 heavy (non-hydrogen) atoms. The van der Waals surface area contributed by atoms with E-state index in [-0.39, 0.29) is 12.0 Å². The minimum Gasteiger partial charge on any atom is -0.427 e. The van der Waals surface area contributed by atoms with Gasteiger partial charge >= 0.3 is 6.03 Å². The maximum absolute atomic E-state index is 13.1. The highest BCUT2D eigenvalue weighted by atomic mass is 19.1. The molecule has 0 bridgehead atoms. The molecule has 154 valence electrons. The second-order valence-electron chi connectivity index (χ2n) is 6.64. The fraction of sp³-hybridized carbons (Fsp3) is 0.556. The number of nitrogens with zero attached hydrogens (tertiary/aromatic N) is 4. The molecular weight excluding hydrogens is 371 g/mol. The van der Waals surface area contributed by atoms with Crippen LogP contribution in [0.4, 0.5) is 9.18 Å². The number of pyridine rings is 1. The van der Waals surface area contributed by atoms with Gasteiger partial charge in [-0.15, -0.1) is 0 Å². The van der Waals surface area contributed by atoms with E-state index in [0.717, 1.165) is 24.8 Å². The van der Waals surface area contributed by atoms with Gasteiger partial charge in [-0.1, -0.05) is 13.3 Å². The van der Waals surface area contributed by atoms with E-state index in [1.54, 1.807) is 0 Å². The van der Waals surface area contributed by atoms with Gasteiger partial charge in [0, 0.05) is 13.1 Å². The number of aldehydes is 1. The maximum Gasteiger partial charge on any atom is 0.320 e. The molecule has 1 saturated heterocycles. The van der Waals surface area contributed by atoms with Crippen molar-refractivity contribution >= 4 is 18.2 Å². The lowest BCUT2D eigenvalue weighted by atomic mass is 10.2. The Morgan fingerprint density at radius 1 is 1.46 bits per heavy atom. The molecule has 0 aromatic carbocycles. The van der Waals surface area contributed by atoms with Crippen molar-refractivity contribution in [1.29, 1.82) is 0 Å². The van der Waals surface area contributed by atoms with Crippen LogP contribution in [0.3, 0.4) is 0 Å². The summed E-state index contributed by atoms with van der Waals surface area (Å²) in [6.45, 7) is 2.49. The molecule has 9 nitrogen and oxygen atoms in total. The number of rotatable bonds is 7. The van der Waals surface area contributed by atoms with Crippen molar-refractivity contribution in [2.75, 3.05) is 19.6 Å². The van der Waals surface area contributed by atoms with Crippen molar-refractivity contribution in [3.63, 3.8) is 0 Å². The van der Waals surface area contributed by atoms with Gasteiger partial charge in [0.25, 0.3) is 5.91 Å². The number of urea groups is 1. The summed E-state index contributed by atoms with van der Waals surface area (Å²) in [6.07, 6.45) is 2.35. The Bertz CT molecular complexity index is 781. The summed E-state index contributed by atoms with van der Waals surface area (Å²) < 4.78 is 13.5. The third-order valence-electron chi connectivity index (χ3n) is 4.50. The first-order chi connectivity index (χ1) is 13.4. The van der Waals surface area contributed by atoms with E-state index in [0.29, 0.717) is 43.4 Å². The first-order valence-corrected chi connectivity index (χ1v) is 9.22. The Morgan fingerprint density at radius 3 is 2.86 bits per heavy atom. The average molecular weight is 396 g/mol. The van der Waals surface area contributed by atoms with Crippen molar-refractivity contribution < 1.29 is 29.1 Å². The zero-order chi connectivity index (χ0) is 20.7. The number of hydrogen-bond donors (Lipinski definition) is 2. The van der Waals surface area contributed by atoms with Crippen molar-refractivity contribution in [1.82, 2.24) is 14.5 Å². The molecule has 0 aliphatic carbocycles. The van der Waals surface area contributed by atoms with Crippen LogP contribution in [-0.4, -0.2) is 74.8 Å². The molecule has 2 heterocycles. The number of halogens is 1. The Labute approximate surface area is 161 Å². The first-order valence-electron chi connectivity index (χ1n) is 9.22. The minimum absolute atomic E-state index is 0.147. The fourth-order valence-corrected chi connectivity index (χ4v) is 3.05. The number of aliphatic hydroxyl groups excluding tert-OH is 1. The van der Waals surface area contributed by atoms with E-state index >= 15 is 0 Å². The van der Waals surface area contributed by atoms with E-state index < -0.39 is 29.9 Å². The van der Waals surface area contributed by atoms with Gasteiger partial charge in [-0.05, 0) is 31.4 Å². The van der Waals surface area contributed by atoms with Crippen LogP contribution in [0, 0.1) is 5.82 Å². The minimum atomic E-state index is -1.30. The second kappa shape index (κ2) is 9.98. The largest absolute Gasteiger partial charge is 0.427 e. The van der Waals surface area contributed by atoms with Crippen LogP contribution in [-0.2, 0) is 9.59 Å². The Balaban J connectivity index is 2.20. The lowest BCUT2D eigenvalue weighted by molar-refractivity contribution is -0.122. The zero-order valence-electron chi connectivity index (χ0n) is 15.7. The van der Waals surface area contributed by atoms with Crippen molar-refractivity contribution in [2.45, 2.75) is 44.8 Å². The smallest absolute Gasteiger partial charge is 0.320 e. The number of aromatic nitrogens is 1. The molecule has 2 rings (SSSR count). The average Bonchev–Trinajstić information content (AvgIpc) is 3.16. The lowest BCUT2D eigenvalue weighted by Gasteiger charge is -2.31. The monoisotopic (exact) mass is 396 g/mol. The Kier molecular flexibility index (Phi) is 7.68. The number of unbranched alkanes of at least 4 members (excludes halogenated alkanes) is 1. The molecule has 0 radical (unpaired) electrons. The second-order valence-corrected chi connectivity index (χ2v) is 6.64. The topological polar surface area (TPSA) is 115 Å². The van der Waals surface area contributed by atoms with Crippen molar-refractivity contribution in [3.05, 3.63) is 29.6 Å². The number of aliphatic hydroxyl groups is 1. The normalized spacial score (nSPS) is 18.2. The summed E-state index contributed by atoms with van der Waals surface area (Å²) in [7, 11) is 0. The molecule has 10 heteroatoms. The summed E-state index contributed by atoms with van der Waals surface area (Å²) in [5.41, 5.74) is -0.148. The van der Waals surface area contributed by atoms with E-state index in [4.69, 9.17) is 0 Å². The van der Waals surface area contributed by atoms with Crippen LogP contribution < -0.4 is 5.49 Å². The van der Waals surface area contributed by atoms with Crippen LogP contribution in [0.25, 0.3) is 0 Å². The van der Waals surface area contributed by atoms with E-state index in [9.17, 15) is 29.1 Å². The predicted octanol–water partition coefficient (Wildman–Crippen LogP) is 0.538. The molecule has 0 spiro atoms. The third-order valence-corrected chi connectivity index (χ3v) is 4.50. The van der Waals surface area contributed by atoms with Crippen LogP contribution >= 0.6 is 0 Å². The maximum atomic E-state index is 13.1. The standard InChI is InChI=1S/C18H25FN4O5/c1-2-3-8-21(11-14(25)12-24)18(27)22-9-4-5-15(22)17(26)20-16-7-6-13(19)10-23(16)28/h6-7,10,12,14-15,25,28H,2-5,8-9,11H2,1H3/t14?,15-/m0/s1. The van der Waals surface area contributed by atoms with Gasteiger partial charge in [-0.25, -0.2) is 9.18 Å². The summed E-state index contributed by atoms with van der Waals surface area (Å²) in [5.74, 6) is -1.32. The van der Waals surface area contributed by atoms with Gasteiger partial charge in [-0.2, -0.15) is 9.72 Å². The lowest BCUT2D eigenvalue weighted by Crippen LogP contribution is -2.50. The van der Waals surface area contributed by atoms with Crippen molar-refractivity contribution in [2.24, 2.45) is 4.99 Å². The van der Waals surface area contributed by atoms with E-state index in [2.05, 4.69) is 4.99 Å².